The number of fused-ring (bicyclic) bond motifs is 1. The Balaban J connectivity index is 1.51. The zero-order valence-electron chi connectivity index (χ0n) is 17.2. The van der Waals surface area contributed by atoms with Crippen molar-refractivity contribution in [3.63, 3.8) is 0 Å². The summed E-state index contributed by atoms with van der Waals surface area (Å²) in [5.41, 5.74) is 5.62. The van der Waals surface area contributed by atoms with Gasteiger partial charge in [0.15, 0.2) is 6.61 Å². The van der Waals surface area contributed by atoms with Crippen molar-refractivity contribution in [1.82, 2.24) is 15.0 Å². The highest BCUT2D eigenvalue weighted by Gasteiger charge is 2.13. The second-order valence-corrected chi connectivity index (χ2v) is 8.19. The molecule has 4 aromatic rings. The standard InChI is InChI=1S/C23H20Cl2N4O2/c1-13-8-15(3)23(18(25)9-13)31-12-22(30)26-19-11-21-20(10-14(19)2)27-29(28-21)17-6-4-16(24)5-7-17/h4-11H,12H2,1-3H3,(H,26,30). The zero-order chi connectivity index (χ0) is 22.1. The lowest BCUT2D eigenvalue weighted by Crippen LogP contribution is -2.21. The molecule has 0 atom stereocenters. The molecule has 158 valence electrons. The Kier molecular flexibility index (Phi) is 5.85. The van der Waals surface area contributed by atoms with Crippen LogP contribution >= 0.6 is 23.2 Å². The molecule has 31 heavy (non-hydrogen) atoms. The number of carbonyl (C=O) groups is 1. The van der Waals surface area contributed by atoms with Crippen LogP contribution in [0, 0.1) is 20.8 Å². The lowest BCUT2D eigenvalue weighted by molar-refractivity contribution is -0.118. The van der Waals surface area contributed by atoms with Crippen molar-refractivity contribution in [1.29, 1.82) is 0 Å². The van der Waals surface area contributed by atoms with Gasteiger partial charge in [-0.3, -0.25) is 4.79 Å². The van der Waals surface area contributed by atoms with Crippen LogP contribution in [0.1, 0.15) is 16.7 Å². The molecule has 0 saturated carbocycles. The fourth-order valence-corrected chi connectivity index (χ4v) is 3.80. The number of ether oxygens (including phenoxy) is 1. The fourth-order valence-electron chi connectivity index (χ4n) is 3.30. The third-order valence-corrected chi connectivity index (χ3v) is 5.31. The van der Waals surface area contributed by atoms with Gasteiger partial charge < -0.3 is 10.1 Å². The number of benzene rings is 3. The summed E-state index contributed by atoms with van der Waals surface area (Å²) in [6.07, 6.45) is 0. The molecule has 4 rings (SSSR count). The van der Waals surface area contributed by atoms with Crippen LogP contribution in [0.4, 0.5) is 5.69 Å². The molecule has 0 bridgehead atoms. The van der Waals surface area contributed by atoms with E-state index in [0.717, 1.165) is 27.9 Å². The Bertz CT molecular complexity index is 1260. The van der Waals surface area contributed by atoms with E-state index in [1.807, 2.05) is 51.1 Å². The lowest BCUT2D eigenvalue weighted by atomic mass is 10.1. The summed E-state index contributed by atoms with van der Waals surface area (Å²) in [6, 6.07) is 14.7. The summed E-state index contributed by atoms with van der Waals surface area (Å²) in [5, 5.41) is 13.0. The van der Waals surface area contributed by atoms with Gasteiger partial charge in [0.05, 0.1) is 10.7 Å². The summed E-state index contributed by atoms with van der Waals surface area (Å²) >= 11 is 12.2. The number of carbonyl (C=O) groups excluding carboxylic acids is 1. The molecule has 1 amide bonds. The molecule has 0 fully saturated rings. The van der Waals surface area contributed by atoms with E-state index in [4.69, 9.17) is 27.9 Å². The van der Waals surface area contributed by atoms with Crippen molar-refractivity contribution in [2.75, 3.05) is 11.9 Å². The first-order valence-electron chi connectivity index (χ1n) is 9.63. The number of hydrogen-bond donors (Lipinski definition) is 1. The van der Waals surface area contributed by atoms with Crippen LogP contribution in [0.5, 0.6) is 5.75 Å². The van der Waals surface area contributed by atoms with E-state index in [9.17, 15) is 4.79 Å². The van der Waals surface area contributed by atoms with E-state index >= 15 is 0 Å². The minimum absolute atomic E-state index is 0.154. The average molecular weight is 455 g/mol. The smallest absolute Gasteiger partial charge is 0.262 e. The van der Waals surface area contributed by atoms with E-state index in [0.29, 0.717) is 27.0 Å². The van der Waals surface area contributed by atoms with Crippen molar-refractivity contribution in [2.45, 2.75) is 20.8 Å². The topological polar surface area (TPSA) is 69.0 Å². The molecule has 1 heterocycles. The predicted molar refractivity (Wildman–Crippen MR) is 124 cm³/mol. The maximum atomic E-state index is 12.5. The van der Waals surface area contributed by atoms with Crippen LogP contribution in [0.3, 0.4) is 0 Å². The first kappa shape index (κ1) is 21.2. The minimum atomic E-state index is -0.288. The number of anilines is 1. The van der Waals surface area contributed by atoms with Crippen molar-refractivity contribution >= 4 is 45.8 Å². The third-order valence-electron chi connectivity index (χ3n) is 4.78. The number of amides is 1. The molecular formula is C23H20Cl2N4O2. The molecule has 3 aromatic carbocycles. The Labute approximate surface area is 189 Å². The molecular weight excluding hydrogens is 435 g/mol. The third kappa shape index (κ3) is 4.65. The van der Waals surface area contributed by atoms with Gasteiger partial charge in [0.1, 0.15) is 16.8 Å². The number of nitrogens with one attached hydrogen (secondary N) is 1. The highest BCUT2D eigenvalue weighted by Crippen LogP contribution is 2.30. The van der Waals surface area contributed by atoms with Crippen molar-refractivity contribution in [3.8, 4) is 11.4 Å². The normalized spacial score (nSPS) is 11.0. The molecule has 1 N–H and O–H groups in total. The fraction of sp³-hybridized carbons (Fsp3) is 0.174. The quantitative estimate of drug-likeness (QED) is 0.421. The van der Waals surface area contributed by atoms with E-state index in [1.54, 1.807) is 18.2 Å². The van der Waals surface area contributed by atoms with Crippen LogP contribution in [-0.2, 0) is 4.79 Å². The molecule has 0 aliphatic carbocycles. The maximum absolute atomic E-state index is 12.5. The molecule has 0 aliphatic rings. The van der Waals surface area contributed by atoms with Gasteiger partial charge >= 0.3 is 0 Å². The highest BCUT2D eigenvalue weighted by atomic mass is 35.5. The monoisotopic (exact) mass is 454 g/mol. The molecule has 8 heteroatoms. The summed E-state index contributed by atoms with van der Waals surface area (Å²) in [5.74, 6) is 0.226. The molecule has 1 aromatic heterocycles. The van der Waals surface area contributed by atoms with Crippen molar-refractivity contribution in [2.24, 2.45) is 0 Å². The molecule has 6 nitrogen and oxygen atoms in total. The van der Waals surface area contributed by atoms with Gasteiger partial charge in [-0.15, -0.1) is 10.2 Å². The molecule has 0 unspecified atom stereocenters. The van der Waals surface area contributed by atoms with Crippen LogP contribution < -0.4 is 10.1 Å². The highest BCUT2D eigenvalue weighted by molar-refractivity contribution is 6.32. The van der Waals surface area contributed by atoms with Crippen molar-refractivity contribution in [3.05, 3.63) is 75.3 Å². The summed E-state index contributed by atoms with van der Waals surface area (Å²) in [6.45, 7) is 5.60. The lowest BCUT2D eigenvalue weighted by Gasteiger charge is -2.13. The first-order chi connectivity index (χ1) is 14.8. The van der Waals surface area contributed by atoms with Gasteiger partial charge in [0, 0.05) is 10.7 Å². The van der Waals surface area contributed by atoms with E-state index in [-0.39, 0.29) is 12.5 Å². The first-order valence-corrected chi connectivity index (χ1v) is 10.4. The van der Waals surface area contributed by atoms with E-state index in [1.165, 1.54) is 4.80 Å². The van der Waals surface area contributed by atoms with Crippen LogP contribution in [0.2, 0.25) is 10.0 Å². The number of nitrogens with zero attached hydrogens (tertiary/aromatic N) is 3. The van der Waals surface area contributed by atoms with Gasteiger partial charge in [0.25, 0.3) is 5.91 Å². The minimum Gasteiger partial charge on any atom is -0.482 e. The zero-order valence-corrected chi connectivity index (χ0v) is 18.8. The second-order valence-electron chi connectivity index (χ2n) is 7.35. The van der Waals surface area contributed by atoms with Gasteiger partial charge in [-0.25, -0.2) is 0 Å². The summed E-state index contributed by atoms with van der Waals surface area (Å²) in [7, 11) is 0. The second kappa shape index (κ2) is 8.57. The number of aromatic nitrogens is 3. The number of hydrogen-bond acceptors (Lipinski definition) is 4. The Morgan fingerprint density at radius 2 is 1.65 bits per heavy atom. The SMILES string of the molecule is Cc1cc(C)c(OCC(=O)Nc2cc3nn(-c4ccc(Cl)cc4)nc3cc2C)c(Cl)c1. The van der Waals surface area contributed by atoms with Gasteiger partial charge in [-0.1, -0.05) is 29.3 Å². The van der Waals surface area contributed by atoms with E-state index < -0.39 is 0 Å². The van der Waals surface area contributed by atoms with Gasteiger partial charge in [0.2, 0.25) is 0 Å². The molecule has 0 saturated heterocycles. The summed E-state index contributed by atoms with van der Waals surface area (Å²) in [4.78, 5) is 14.0. The molecule has 0 spiro atoms. The van der Waals surface area contributed by atoms with Crippen LogP contribution in [0.25, 0.3) is 16.7 Å². The van der Waals surface area contributed by atoms with Crippen molar-refractivity contribution < 1.29 is 9.53 Å². The van der Waals surface area contributed by atoms with E-state index in [2.05, 4.69) is 15.5 Å². The summed E-state index contributed by atoms with van der Waals surface area (Å²) < 4.78 is 5.67. The number of aryl methyl sites for hydroxylation is 3. The molecule has 0 radical (unpaired) electrons. The van der Waals surface area contributed by atoms with Crippen LogP contribution in [-0.4, -0.2) is 27.5 Å². The average Bonchev–Trinajstić information content (AvgIpc) is 3.10. The van der Waals surface area contributed by atoms with Gasteiger partial charge in [-0.05, 0) is 79.9 Å². The maximum Gasteiger partial charge on any atom is 0.262 e. The Hall–Kier alpha value is -3.09. The Morgan fingerprint density at radius 3 is 2.32 bits per heavy atom. The predicted octanol–water partition coefficient (Wildman–Crippen LogP) is 5.67. The Morgan fingerprint density at radius 1 is 0.968 bits per heavy atom. The molecule has 0 aliphatic heterocycles. The number of halogens is 2. The largest absolute Gasteiger partial charge is 0.482 e. The van der Waals surface area contributed by atoms with Gasteiger partial charge in [-0.2, -0.15) is 4.80 Å². The number of rotatable bonds is 5. The van der Waals surface area contributed by atoms with Crippen LogP contribution in [0.15, 0.2) is 48.5 Å².